The fourth-order valence-corrected chi connectivity index (χ4v) is 3.63. The normalized spacial score (nSPS) is 15.0. The van der Waals surface area contributed by atoms with E-state index in [4.69, 9.17) is 9.47 Å². The number of hydrogen-bond acceptors (Lipinski definition) is 7. The number of aromatic nitrogens is 2. The maximum absolute atomic E-state index is 12.7. The van der Waals surface area contributed by atoms with E-state index >= 15 is 0 Å². The van der Waals surface area contributed by atoms with E-state index in [0.29, 0.717) is 30.4 Å². The molecule has 0 aliphatic carbocycles. The summed E-state index contributed by atoms with van der Waals surface area (Å²) >= 11 is 0. The van der Waals surface area contributed by atoms with Crippen LogP contribution < -0.4 is 16.0 Å². The van der Waals surface area contributed by atoms with Gasteiger partial charge in [0.2, 0.25) is 0 Å². The Morgan fingerprint density at radius 1 is 1.16 bits per heavy atom. The largest absolute Gasteiger partial charge is 0.469 e. The summed E-state index contributed by atoms with van der Waals surface area (Å²) in [5, 5.41) is 9.21. The Morgan fingerprint density at radius 3 is 2.53 bits per heavy atom. The molecule has 1 fully saturated rings. The summed E-state index contributed by atoms with van der Waals surface area (Å²) < 4.78 is 10.3. The second-order valence-electron chi connectivity index (χ2n) is 7.82. The number of carbonyl (C=O) groups excluding carboxylic acids is 2. The summed E-state index contributed by atoms with van der Waals surface area (Å²) in [6.07, 6.45) is 5.97. The van der Waals surface area contributed by atoms with Crippen molar-refractivity contribution in [1.82, 2.24) is 9.97 Å². The average Bonchev–Trinajstić information content (AvgIpc) is 2.80. The van der Waals surface area contributed by atoms with E-state index in [9.17, 15) is 9.59 Å². The highest BCUT2D eigenvalue weighted by atomic mass is 16.5. The maximum Gasteiger partial charge on any atom is 0.323 e. The Hall–Kier alpha value is -3.20. The third-order valence-corrected chi connectivity index (χ3v) is 5.52. The van der Waals surface area contributed by atoms with Gasteiger partial charge in [0.05, 0.1) is 43.0 Å². The first-order chi connectivity index (χ1) is 15.5. The summed E-state index contributed by atoms with van der Waals surface area (Å²) in [7, 11) is 1.39. The fourth-order valence-electron chi connectivity index (χ4n) is 3.63. The fraction of sp³-hybridized carbons (Fsp3) is 0.478. The number of rotatable bonds is 8. The number of benzene rings is 1. The van der Waals surface area contributed by atoms with Crippen molar-refractivity contribution in [3.05, 3.63) is 42.0 Å². The van der Waals surface area contributed by atoms with E-state index in [1.165, 1.54) is 7.11 Å². The molecule has 2 amide bonds. The lowest BCUT2D eigenvalue weighted by atomic mass is 9.92. The minimum Gasteiger partial charge on any atom is -0.469 e. The standard InChI is InChI=1S/C23H31N5O4/c1-4-16(12-22(29)31-3)17-5-6-20(26-18-7-9-32-10-8-18)21(11-17)28-23(30)27-19-13-24-15(2)25-14-19/h5-6,11,13-14,16,18,26H,4,7-10,12H2,1-3H3,(H2,27,28,30). The number of carbonyl (C=O) groups is 2. The lowest BCUT2D eigenvalue weighted by Crippen LogP contribution is -2.29. The molecule has 1 aliphatic heterocycles. The van der Waals surface area contributed by atoms with Crippen LogP contribution in [0.5, 0.6) is 0 Å². The number of methoxy groups -OCH3 is 1. The number of amides is 2. The van der Waals surface area contributed by atoms with Crippen LogP contribution in [-0.4, -0.2) is 48.3 Å². The molecule has 172 valence electrons. The number of hydrogen-bond donors (Lipinski definition) is 3. The predicted octanol–water partition coefficient (Wildman–Crippen LogP) is 4.08. The maximum atomic E-state index is 12.7. The Balaban J connectivity index is 1.81. The molecule has 2 heterocycles. The van der Waals surface area contributed by atoms with Crippen LogP contribution in [0.4, 0.5) is 21.9 Å². The SMILES string of the molecule is CCC(CC(=O)OC)c1ccc(NC2CCOCC2)c(NC(=O)Nc2cnc(C)nc2)c1. The number of esters is 1. The monoisotopic (exact) mass is 441 g/mol. The van der Waals surface area contributed by atoms with Gasteiger partial charge in [0.15, 0.2) is 0 Å². The van der Waals surface area contributed by atoms with Crippen LogP contribution in [0.3, 0.4) is 0 Å². The van der Waals surface area contributed by atoms with Gasteiger partial charge in [-0.15, -0.1) is 0 Å². The molecule has 0 saturated carbocycles. The van der Waals surface area contributed by atoms with Crippen LogP contribution in [0.25, 0.3) is 0 Å². The Bertz CT molecular complexity index is 913. The summed E-state index contributed by atoms with van der Waals surface area (Å²) in [6.45, 7) is 5.23. The highest BCUT2D eigenvalue weighted by Crippen LogP contribution is 2.32. The molecule has 1 unspecified atom stereocenters. The van der Waals surface area contributed by atoms with Crippen LogP contribution in [0.2, 0.25) is 0 Å². The molecule has 9 heteroatoms. The van der Waals surface area contributed by atoms with Crippen molar-refractivity contribution in [1.29, 1.82) is 0 Å². The van der Waals surface area contributed by atoms with Crippen molar-refractivity contribution >= 4 is 29.1 Å². The van der Waals surface area contributed by atoms with Crippen molar-refractivity contribution in [2.75, 3.05) is 36.3 Å². The number of ether oxygens (including phenoxy) is 2. The van der Waals surface area contributed by atoms with Gasteiger partial charge in [0.25, 0.3) is 0 Å². The molecule has 2 aromatic rings. The molecule has 32 heavy (non-hydrogen) atoms. The average molecular weight is 442 g/mol. The summed E-state index contributed by atoms with van der Waals surface area (Å²) in [6, 6.07) is 5.74. The second kappa shape index (κ2) is 11.4. The molecule has 3 N–H and O–H groups in total. The van der Waals surface area contributed by atoms with E-state index < -0.39 is 6.03 Å². The van der Waals surface area contributed by atoms with Gasteiger partial charge >= 0.3 is 12.0 Å². The highest BCUT2D eigenvalue weighted by Gasteiger charge is 2.19. The zero-order chi connectivity index (χ0) is 22.9. The Kier molecular flexibility index (Phi) is 8.38. The van der Waals surface area contributed by atoms with Crippen LogP contribution >= 0.6 is 0 Å². The zero-order valence-electron chi connectivity index (χ0n) is 18.8. The van der Waals surface area contributed by atoms with Crippen LogP contribution in [0.1, 0.15) is 49.9 Å². The lowest BCUT2D eigenvalue weighted by molar-refractivity contribution is -0.141. The quantitative estimate of drug-likeness (QED) is 0.529. The molecule has 9 nitrogen and oxygen atoms in total. The molecular weight excluding hydrogens is 410 g/mol. The number of nitrogens with one attached hydrogen (secondary N) is 3. The van der Waals surface area contributed by atoms with Gasteiger partial charge in [0, 0.05) is 19.3 Å². The molecule has 1 saturated heterocycles. The third kappa shape index (κ3) is 6.65. The van der Waals surface area contributed by atoms with Crippen molar-refractivity contribution in [3.8, 4) is 0 Å². The van der Waals surface area contributed by atoms with E-state index in [1.807, 2.05) is 25.1 Å². The molecule has 0 radical (unpaired) electrons. The first-order valence-electron chi connectivity index (χ1n) is 10.9. The van der Waals surface area contributed by atoms with Gasteiger partial charge in [0.1, 0.15) is 5.82 Å². The highest BCUT2D eigenvalue weighted by molar-refractivity contribution is 6.01. The number of anilines is 3. The molecule has 3 rings (SSSR count). The Morgan fingerprint density at radius 2 is 1.88 bits per heavy atom. The first kappa shape index (κ1) is 23.5. The topological polar surface area (TPSA) is 114 Å². The van der Waals surface area contributed by atoms with Gasteiger partial charge in [-0.05, 0) is 49.8 Å². The second-order valence-corrected chi connectivity index (χ2v) is 7.82. The van der Waals surface area contributed by atoms with E-state index in [1.54, 1.807) is 19.3 Å². The molecule has 1 aliphatic rings. The molecule has 1 atom stereocenters. The van der Waals surface area contributed by atoms with Gasteiger partial charge in [-0.25, -0.2) is 14.8 Å². The van der Waals surface area contributed by atoms with Crippen LogP contribution in [0.15, 0.2) is 30.6 Å². The van der Waals surface area contributed by atoms with Crippen LogP contribution in [-0.2, 0) is 14.3 Å². The molecule has 0 bridgehead atoms. The van der Waals surface area contributed by atoms with E-state index in [0.717, 1.165) is 30.5 Å². The minimum absolute atomic E-state index is 0.00584. The van der Waals surface area contributed by atoms with E-state index in [2.05, 4.69) is 25.9 Å². The van der Waals surface area contributed by atoms with Crippen molar-refractivity contribution in [3.63, 3.8) is 0 Å². The summed E-state index contributed by atoms with van der Waals surface area (Å²) in [5.74, 6) is 0.365. The van der Waals surface area contributed by atoms with Crippen molar-refractivity contribution in [2.24, 2.45) is 0 Å². The van der Waals surface area contributed by atoms with Gasteiger partial charge in [-0.1, -0.05) is 13.0 Å². The summed E-state index contributed by atoms with van der Waals surface area (Å²) in [5.41, 5.74) is 2.93. The van der Waals surface area contributed by atoms with Crippen molar-refractivity contribution < 1.29 is 19.1 Å². The summed E-state index contributed by atoms with van der Waals surface area (Å²) in [4.78, 5) is 32.7. The Labute approximate surface area is 188 Å². The molecular formula is C23H31N5O4. The number of urea groups is 1. The molecule has 1 aromatic carbocycles. The molecule has 1 aromatic heterocycles. The van der Waals surface area contributed by atoms with Gasteiger partial charge < -0.3 is 25.4 Å². The van der Waals surface area contributed by atoms with Gasteiger partial charge in [-0.2, -0.15) is 0 Å². The van der Waals surface area contributed by atoms with Gasteiger partial charge in [-0.3, -0.25) is 4.79 Å². The third-order valence-electron chi connectivity index (χ3n) is 5.52. The molecule has 0 spiro atoms. The smallest absolute Gasteiger partial charge is 0.323 e. The first-order valence-corrected chi connectivity index (χ1v) is 10.9. The van der Waals surface area contributed by atoms with E-state index in [-0.39, 0.29) is 24.3 Å². The predicted molar refractivity (Wildman–Crippen MR) is 123 cm³/mol. The minimum atomic E-state index is -0.398. The number of nitrogens with zero attached hydrogens (tertiary/aromatic N) is 2. The van der Waals surface area contributed by atoms with Crippen LogP contribution in [0, 0.1) is 6.92 Å². The lowest BCUT2D eigenvalue weighted by Gasteiger charge is -2.26. The number of aryl methyl sites for hydroxylation is 1. The van der Waals surface area contributed by atoms with Crippen molar-refractivity contribution in [2.45, 2.75) is 51.5 Å². The zero-order valence-corrected chi connectivity index (χ0v) is 18.8.